The molecule has 2 N–H and O–H groups in total. The van der Waals surface area contributed by atoms with Crippen LogP contribution < -0.4 is 25.0 Å². The smallest absolute Gasteiger partial charge is 0.486 e. The van der Waals surface area contributed by atoms with Gasteiger partial charge >= 0.3 is 6.36 Å². The number of nitrogens with zero attached hydrogens (tertiary/aromatic N) is 4. The van der Waals surface area contributed by atoms with E-state index in [4.69, 9.17) is 9.84 Å². The lowest BCUT2D eigenvalue weighted by Crippen LogP contribution is -2.50. The number of piperidine rings is 1. The van der Waals surface area contributed by atoms with E-state index in [2.05, 4.69) is 25.3 Å². The Labute approximate surface area is 200 Å². The molecule has 0 atom stereocenters. The normalized spacial score (nSPS) is 19.8. The summed E-state index contributed by atoms with van der Waals surface area (Å²) >= 11 is 0. The van der Waals surface area contributed by atoms with Gasteiger partial charge in [-0.2, -0.15) is 0 Å². The third-order valence-corrected chi connectivity index (χ3v) is 7.36. The molecule has 0 radical (unpaired) electrons. The lowest BCUT2D eigenvalue weighted by Gasteiger charge is -2.50. The first kappa shape index (κ1) is 22.3. The molecule has 2 fully saturated rings. The number of hydrogen-bond donors (Lipinski definition) is 2. The molecule has 1 saturated carbocycles. The van der Waals surface area contributed by atoms with Crippen LogP contribution in [0.4, 0.5) is 24.7 Å². The number of anilines is 2. The maximum Gasteiger partial charge on any atom is 0.573 e. The van der Waals surface area contributed by atoms with E-state index < -0.39 is 6.36 Å². The molecule has 3 aromatic rings. The fraction of sp³-hybridized carbons (Fsp3) is 0.500. The van der Waals surface area contributed by atoms with Crippen molar-refractivity contribution in [1.82, 2.24) is 19.9 Å². The number of halogens is 3. The standard InChI is InChI=1S/C24H27F3N6O2/c1-32-9-10-34-20-19(32)21(30-16-12-23(13-16)5-7-28-8-6-23)31-33-18(14-29-22(20)33)15-3-2-4-17(11-15)35-24(25,26)27/h2-4,11,14,16,28H,5-10,12-13H2,1H3,(H,30,31). The van der Waals surface area contributed by atoms with Gasteiger partial charge in [-0.25, -0.2) is 9.50 Å². The van der Waals surface area contributed by atoms with Crippen LogP contribution in [0, 0.1) is 5.41 Å². The molecule has 2 aromatic heterocycles. The summed E-state index contributed by atoms with van der Waals surface area (Å²) < 4.78 is 50.1. The number of nitrogens with one attached hydrogen (secondary N) is 2. The number of ether oxygens (including phenoxy) is 2. The molecule has 0 amide bonds. The van der Waals surface area contributed by atoms with E-state index in [1.807, 2.05) is 7.05 Å². The minimum atomic E-state index is -4.76. The molecular formula is C24H27F3N6O2. The van der Waals surface area contributed by atoms with Crippen molar-refractivity contribution in [3.8, 4) is 22.8 Å². The Kier molecular flexibility index (Phi) is 5.21. The van der Waals surface area contributed by atoms with Crippen molar-refractivity contribution < 1.29 is 22.6 Å². The fourth-order valence-corrected chi connectivity index (χ4v) is 5.64. The topological polar surface area (TPSA) is 76.0 Å². The molecule has 35 heavy (non-hydrogen) atoms. The summed E-state index contributed by atoms with van der Waals surface area (Å²) in [5, 5.41) is 12.0. The second-order valence-corrected chi connectivity index (χ2v) is 9.75. The monoisotopic (exact) mass is 488 g/mol. The van der Waals surface area contributed by atoms with Gasteiger partial charge in [0, 0.05) is 18.7 Å². The number of rotatable bonds is 4. The van der Waals surface area contributed by atoms with Crippen molar-refractivity contribution in [3.05, 3.63) is 30.5 Å². The van der Waals surface area contributed by atoms with Crippen LogP contribution in [0.25, 0.3) is 16.9 Å². The summed E-state index contributed by atoms with van der Waals surface area (Å²) in [4.78, 5) is 6.63. The van der Waals surface area contributed by atoms with Crippen molar-refractivity contribution >= 4 is 17.2 Å². The quantitative estimate of drug-likeness (QED) is 0.574. The Morgan fingerprint density at radius 3 is 2.80 bits per heavy atom. The average Bonchev–Trinajstić information content (AvgIpc) is 3.22. The molecule has 2 aliphatic heterocycles. The molecule has 4 heterocycles. The van der Waals surface area contributed by atoms with Gasteiger partial charge in [0.25, 0.3) is 0 Å². The molecule has 0 bridgehead atoms. The maximum absolute atomic E-state index is 12.8. The van der Waals surface area contributed by atoms with E-state index in [9.17, 15) is 13.2 Å². The van der Waals surface area contributed by atoms with Crippen molar-refractivity contribution in [2.24, 2.45) is 5.41 Å². The van der Waals surface area contributed by atoms with Gasteiger partial charge in [0.05, 0.1) is 18.4 Å². The third-order valence-electron chi connectivity index (χ3n) is 7.36. The first-order valence-electron chi connectivity index (χ1n) is 11.9. The molecule has 1 saturated heterocycles. The van der Waals surface area contributed by atoms with Crippen LogP contribution in [0.5, 0.6) is 11.5 Å². The number of aromatic nitrogens is 3. The number of imidazole rings is 1. The molecular weight excluding hydrogens is 461 g/mol. The van der Waals surface area contributed by atoms with Gasteiger partial charge in [-0.05, 0) is 56.3 Å². The van der Waals surface area contributed by atoms with E-state index >= 15 is 0 Å². The Morgan fingerprint density at radius 1 is 1.23 bits per heavy atom. The molecule has 1 aromatic carbocycles. The van der Waals surface area contributed by atoms with Crippen molar-refractivity contribution in [3.63, 3.8) is 0 Å². The van der Waals surface area contributed by atoms with Gasteiger partial charge in [-0.15, -0.1) is 18.3 Å². The first-order valence-corrected chi connectivity index (χ1v) is 11.9. The van der Waals surface area contributed by atoms with E-state index in [0.29, 0.717) is 46.5 Å². The predicted molar refractivity (Wildman–Crippen MR) is 125 cm³/mol. The Hall–Kier alpha value is -3.21. The highest BCUT2D eigenvalue weighted by atomic mass is 19.4. The number of hydrogen-bond acceptors (Lipinski definition) is 7. The van der Waals surface area contributed by atoms with Crippen LogP contribution >= 0.6 is 0 Å². The zero-order valence-corrected chi connectivity index (χ0v) is 19.4. The summed E-state index contributed by atoms with van der Waals surface area (Å²) in [6.07, 6.45) is 1.42. The Balaban J connectivity index is 1.37. The number of likely N-dealkylation sites (N-methyl/N-ethyl adjacent to an activating group) is 1. The van der Waals surface area contributed by atoms with E-state index in [1.54, 1.807) is 16.8 Å². The lowest BCUT2D eigenvalue weighted by molar-refractivity contribution is -0.274. The highest BCUT2D eigenvalue weighted by molar-refractivity contribution is 5.83. The van der Waals surface area contributed by atoms with E-state index in [-0.39, 0.29) is 5.75 Å². The minimum Gasteiger partial charge on any atom is -0.486 e. The SMILES string of the molecule is CN1CCOc2c1c(NC1CC3(CCNCC3)C1)nn1c(-c3cccc(OC(F)(F)F)c3)cnc21. The predicted octanol–water partition coefficient (Wildman–Crippen LogP) is 4.07. The highest BCUT2D eigenvalue weighted by Crippen LogP contribution is 2.50. The van der Waals surface area contributed by atoms with Crippen molar-refractivity contribution in [1.29, 1.82) is 0 Å². The second kappa shape index (κ2) is 8.18. The molecule has 0 unspecified atom stereocenters. The first-order chi connectivity index (χ1) is 16.8. The summed E-state index contributed by atoms with van der Waals surface area (Å²) in [7, 11) is 2.00. The van der Waals surface area contributed by atoms with Crippen LogP contribution in [-0.4, -0.2) is 60.3 Å². The summed E-state index contributed by atoms with van der Waals surface area (Å²) in [6, 6.07) is 6.15. The van der Waals surface area contributed by atoms with Crippen LogP contribution in [0.2, 0.25) is 0 Å². The molecule has 3 aliphatic rings. The Morgan fingerprint density at radius 2 is 2.03 bits per heavy atom. The summed E-state index contributed by atoms with van der Waals surface area (Å²) in [6.45, 7) is 3.38. The summed E-state index contributed by atoms with van der Waals surface area (Å²) in [5.74, 6) is 1.03. The average molecular weight is 489 g/mol. The summed E-state index contributed by atoms with van der Waals surface area (Å²) in [5.41, 5.74) is 2.87. The van der Waals surface area contributed by atoms with Gasteiger partial charge < -0.3 is 25.0 Å². The Bertz CT molecular complexity index is 1250. The van der Waals surface area contributed by atoms with Crippen molar-refractivity contribution in [2.45, 2.75) is 38.1 Å². The van der Waals surface area contributed by atoms with E-state index in [1.165, 1.54) is 31.0 Å². The second-order valence-electron chi connectivity index (χ2n) is 9.75. The third kappa shape index (κ3) is 4.11. The highest BCUT2D eigenvalue weighted by Gasteiger charge is 2.45. The molecule has 1 spiro atoms. The van der Waals surface area contributed by atoms with Crippen molar-refractivity contribution in [2.75, 3.05) is 43.5 Å². The zero-order chi connectivity index (χ0) is 24.2. The van der Waals surface area contributed by atoms with Crippen LogP contribution in [-0.2, 0) is 0 Å². The number of fused-ring (bicyclic) bond motifs is 3. The van der Waals surface area contributed by atoms with Crippen LogP contribution in [0.3, 0.4) is 0 Å². The van der Waals surface area contributed by atoms with Crippen LogP contribution in [0.1, 0.15) is 25.7 Å². The molecule has 8 nitrogen and oxygen atoms in total. The minimum absolute atomic E-state index is 0.293. The number of alkyl halides is 3. The molecule has 6 rings (SSSR count). The molecule has 186 valence electrons. The zero-order valence-electron chi connectivity index (χ0n) is 19.4. The van der Waals surface area contributed by atoms with E-state index in [0.717, 1.165) is 38.2 Å². The molecule has 1 aliphatic carbocycles. The number of benzene rings is 1. The van der Waals surface area contributed by atoms with Crippen LogP contribution in [0.15, 0.2) is 30.5 Å². The van der Waals surface area contributed by atoms with Gasteiger partial charge in [0.15, 0.2) is 17.2 Å². The van der Waals surface area contributed by atoms with Gasteiger partial charge in [-0.1, -0.05) is 12.1 Å². The fourth-order valence-electron chi connectivity index (χ4n) is 5.64. The molecule has 11 heteroatoms. The van der Waals surface area contributed by atoms with Gasteiger partial charge in [0.2, 0.25) is 0 Å². The lowest BCUT2D eigenvalue weighted by atomic mass is 9.60. The largest absolute Gasteiger partial charge is 0.573 e. The maximum atomic E-state index is 12.8. The van der Waals surface area contributed by atoms with Gasteiger partial charge in [0.1, 0.15) is 18.0 Å². The van der Waals surface area contributed by atoms with Gasteiger partial charge in [-0.3, -0.25) is 0 Å².